The van der Waals surface area contributed by atoms with Crippen LogP contribution in [-0.4, -0.2) is 38.3 Å². The molecule has 0 saturated carbocycles. The number of carbonyl (C=O) groups is 1. The highest BCUT2D eigenvalue weighted by atomic mass is 16.5. The number of nitrogens with one attached hydrogen (secondary N) is 1. The molecule has 0 spiro atoms. The monoisotopic (exact) mass is 292 g/mol. The first-order valence-electron chi connectivity index (χ1n) is 7.70. The fourth-order valence-corrected chi connectivity index (χ4v) is 2.21. The Morgan fingerprint density at radius 3 is 2.33 bits per heavy atom. The van der Waals surface area contributed by atoms with Crippen LogP contribution >= 0.6 is 0 Å². The lowest BCUT2D eigenvalue weighted by Gasteiger charge is -2.26. The van der Waals surface area contributed by atoms with Crippen molar-refractivity contribution in [2.45, 2.75) is 46.2 Å². The fourth-order valence-electron chi connectivity index (χ4n) is 2.21. The summed E-state index contributed by atoms with van der Waals surface area (Å²) in [5, 5.41) is 3.27. The van der Waals surface area contributed by atoms with Gasteiger partial charge in [-0.25, -0.2) is 0 Å². The minimum atomic E-state index is -0.319. The highest BCUT2D eigenvalue weighted by molar-refractivity contribution is 5.76. The summed E-state index contributed by atoms with van der Waals surface area (Å²) in [5.74, 6) is -0.191. The second kappa shape index (κ2) is 8.67. The van der Waals surface area contributed by atoms with Gasteiger partial charge in [-0.05, 0) is 31.0 Å². The van der Waals surface area contributed by atoms with E-state index in [1.54, 1.807) is 0 Å². The van der Waals surface area contributed by atoms with Crippen molar-refractivity contribution in [3.05, 3.63) is 29.8 Å². The third-order valence-electron chi connectivity index (χ3n) is 3.35. The molecule has 0 aliphatic heterocycles. The Bertz CT molecular complexity index is 429. The molecule has 21 heavy (non-hydrogen) atoms. The zero-order valence-corrected chi connectivity index (χ0v) is 13.8. The lowest BCUT2D eigenvalue weighted by Crippen LogP contribution is -2.48. The van der Waals surface area contributed by atoms with Gasteiger partial charge in [-0.1, -0.05) is 32.9 Å². The topological polar surface area (TPSA) is 41.6 Å². The molecule has 0 saturated heterocycles. The summed E-state index contributed by atoms with van der Waals surface area (Å²) < 4.78 is 5.15. The maximum Gasteiger partial charge on any atom is 0.324 e. The molecule has 0 radical (unpaired) electrons. The van der Waals surface area contributed by atoms with Gasteiger partial charge in [0.25, 0.3) is 0 Å². The van der Waals surface area contributed by atoms with E-state index in [1.165, 1.54) is 5.56 Å². The fraction of sp³-hybridized carbons (Fsp3) is 0.588. The van der Waals surface area contributed by atoms with E-state index in [2.05, 4.69) is 41.4 Å². The van der Waals surface area contributed by atoms with E-state index in [9.17, 15) is 4.79 Å². The molecule has 1 rings (SSSR count). The molecular weight excluding hydrogens is 264 g/mol. The van der Waals surface area contributed by atoms with Crippen LogP contribution in [0.3, 0.4) is 0 Å². The van der Waals surface area contributed by atoms with Crippen molar-refractivity contribution < 1.29 is 9.53 Å². The van der Waals surface area contributed by atoms with Gasteiger partial charge in [0.1, 0.15) is 6.04 Å². The van der Waals surface area contributed by atoms with Gasteiger partial charge >= 0.3 is 5.97 Å². The summed E-state index contributed by atoms with van der Waals surface area (Å²) in [4.78, 5) is 14.1. The Morgan fingerprint density at radius 1 is 1.24 bits per heavy atom. The number of nitrogens with zero attached hydrogens (tertiary/aromatic N) is 1. The Balaban J connectivity index is 2.73. The lowest BCUT2D eigenvalue weighted by molar-refractivity contribution is -0.145. The number of carbonyl (C=O) groups excluding carboxylic acids is 1. The molecular formula is C17H28N2O2. The van der Waals surface area contributed by atoms with Crippen molar-refractivity contribution in [3.63, 3.8) is 0 Å². The van der Waals surface area contributed by atoms with E-state index in [0.29, 0.717) is 13.2 Å². The highest BCUT2D eigenvalue weighted by Crippen LogP contribution is 2.14. The molecule has 0 heterocycles. The van der Waals surface area contributed by atoms with Crippen LogP contribution in [-0.2, 0) is 16.0 Å². The van der Waals surface area contributed by atoms with E-state index in [4.69, 9.17) is 4.74 Å². The third-order valence-corrected chi connectivity index (χ3v) is 3.35. The molecule has 4 nitrogen and oxygen atoms in total. The molecule has 1 N–H and O–H groups in total. The number of hydrogen-bond donors (Lipinski definition) is 1. The first kappa shape index (κ1) is 17.5. The Labute approximate surface area is 128 Å². The third kappa shape index (κ3) is 5.76. The minimum Gasteiger partial charge on any atom is -0.465 e. The van der Waals surface area contributed by atoms with Gasteiger partial charge < -0.3 is 15.0 Å². The second-order valence-corrected chi connectivity index (χ2v) is 5.53. The number of likely N-dealkylation sites (N-methyl/N-ethyl adjacent to an activating group) is 1. The molecule has 0 amide bonds. The number of benzene rings is 1. The maximum atomic E-state index is 12.0. The number of hydrogen-bond acceptors (Lipinski definition) is 4. The van der Waals surface area contributed by atoms with Crippen LogP contribution in [0.15, 0.2) is 24.3 Å². The van der Waals surface area contributed by atoms with Gasteiger partial charge in [0.05, 0.1) is 6.61 Å². The van der Waals surface area contributed by atoms with Crippen molar-refractivity contribution >= 4 is 11.7 Å². The molecule has 0 aliphatic carbocycles. The van der Waals surface area contributed by atoms with E-state index in [1.807, 2.05) is 27.8 Å². The van der Waals surface area contributed by atoms with Crippen LogP contribution in [0, 0.1) is 0 Å². The van der Waals surface area contributed by atoms with Gasteiger partial charge in [-0.2, -0.15) is 0 Å². The SMILES string of the molecule is CCOC(=O)C(CN(C)c1ccc(CC)cc1)NC(C)C. The molecule has 1 aromatic carbocycles. The Hall–Kier alpha value is -1.55. The number of ether oxygens (including phenoxy) is 1. The van der Waals surface area contributed by atoms with Crippen LogP contribution in [0.5, 0.6) is 0 Å². The minimum absolute atomic E-state index is 0.191. The lowest BCUT2D eigenvalue weighted by atomic mass is 10.1. The van der Waals surface area contributed by atoms with Crippen LogP contribution in [0.1, 0.15) is 33.3 Å². The zero-order valence-electron chi connectivity index (χ0n) is 13.8. The number of rotatable bonds is 8. The summed E-state index contributed by atoms with van der Waals surface area (Å²) in [6, 6.07) is 8.35. The molecule has 0 fully saturated rings. The van der Waals surface area contributed by atoms with E-state index in [0.717, 1.165) is 12.1 Å². The van der Waals surface area contributed by atoms with Crippen molar-refractivity contribution in [1.82, 2.24) is 5.32 Å². The quantitative estimate of drug-likeness (QED) is 0.748. The molecule has 118 valence electrons. The summed E-state index contributed by atoms with van der Waals surface area (Å²) >= 11 is 0. The summed E-state index contributed by atoms with van der Waals surface area (Å²) in [5.41, 5.74) is 2.42. The first-order chi connectivity index (χ1) is 9.97. The summed E-state index contributed by atoms with van der Waals surface area (Å²) in [6.45, 7) is 9.02. The van der Waals surface area contributed by atoms with Crippen LogP contribution in [0.4, 0.5) is 5.69 Å². The molecule has 1 atom stereocenters. The average Bonchev–Trinajstić information content (AvgIpc) is 2.46. The molecule has 4 heteroatoms. The smallest absolute Gasteiger partial charge is 0.324 e. The molecule has 1 unspecified atom stereocenters. The van der Waals surface area contributed by atoms with Gasteiger partial charge in [0.2, 0.25) is 0 Å². The number of esters is 1. The number of aryl methyl sites for hydroxylation is 1. The molecule has 1 aromatic rings. The van der Waals surface area contributed by atoms with Crippen molar-refractivity contribution in [2.24, 2.45) is 0 Å². The van der Waals surface area contributed by atoms with Crippen molar-refractivity contribution in [2.75, 3.05) is 25.1 Å². The largest absolute Gasteiger partial charge is 0.465 e. The van der Waals surface area contributed by atoms with Crippen molar-refractivity contribution in [1.29, 1.82) is 0 Å². The van der Waals surface area contributed by atoms with E-state index >= 15 is 0 Å². The Morgan fingerprint density at radius 2 is 1.86 bits per heavy atom. The number of anilines is 1. The molecule has 0 aromatic heterocycles. The van der Waals surface area contributed by atoms with Gasteiger partial charge in [-0.15, -0.1) is 0 Å². The van der Waals surface area contributed by atoms with Crippen molar-refractivity contribution in [3.8, 4) is 0 Å². The predicted molar refractivity (Wildman–Crippen MR) is 87.8 cm³/mol. The van der Waals surface area contributed by atoms with Gasteiger partial charge in [0.15, 0.2) is 0 Å². The molecule has 0 aliphatic rings. The average molecular weight is 292 g/mol. The maximum absolute atomic E-state index is 12.0. The standard InChI is InChI=1S/C17H28N2O2/c1-6-14-8-10-15(11-9-14)19(5)12-16(18-13(3)4)17(20)21-7-2/h8-11,13,16,18H,6-7,12H2,1-5H3. The summed E-state index contributed by atoms with van der Waals surface area (Å²) in [6.07, 6.45) is 1.03. The van der Waals surface area contributed by atoms with Gasteiger partial charge in [-0.3, -0.25) is 4.79 Å². The van der Waals surface area contributed by atoms with Crippen LogP contribution < -0.4 is 10.2 Å². The van der Waals surface area contributed by atoms with Gasteiger partial charge in [0, 0.05) is 25.3 Å². The highest BCUT2D eigenvalue weighted by Gasteiger charge is 2.22. The van der Waals surface area contributed by atoms with E-state index < -0.39 is 0 Å². The van der Waals surface area contributed by atoms with Crippen LogP contribution in [0.25, 0.3) is 0 Å². The molecule has 0 bridgehead atoms. The zero-order chi connectivity index (χ0) is 15.8. The first-order valence-corrected chi connectivity index (χ1v) is 7.70. The Kier molecular flexibility index (Phi) is 7.23. The summed E-state index contributed by atoms with van der Waals surface area (Å²) in [7, 11) is 2.00. The van der Waals surface area contributed by atoms with E-state index in [-0.39, 0.29) is 18.1 Å². The second-order valence-electron chi connectivity index (χ2n) is 5.53. The predicted octanol–water partition coefficient (Wildman–Crippen LogP) is 2.61. The van der Waals surface area contributed by atoms with Crippen LogP contribution in [0.2, 0.25) is 0 Å². The normalized spacial score (nSPS) is 12.3.